The summed E-state index contributed by atoms with van der Waals surface area (Å²) >= 11 is 0. The molecule has 0 heterocycles. The Morgan fingerprint density at radius 3 is 2.24 bits per heavy atom. The summed E-state index contributed by atoms with van der Waals surface area (Å²) in [7, 11) is 0. The van der Waals surface area contributed by atoms with Crippen LogP contribution in [-0.4, -0.2) is 10.2 Å². The third-order valence-corrected chi connectivity index (χ3v) is 3.20. The highest BCUT2D eigenvalue weighted by atomic mass is 16.3. The number of hydrogen-bond donors (Lipinski definition) is 2. The van der Waals surface area contributed by atoms with Gasteiger partial charge in [0.2, 0.25) is 0 Å². The number of phenols is 2. The number of phenolic OH excluding ortho intramolecular Hbond substituents is 2. The van der Waals surface area contributed by atoms with E-state index >= 15 is 0 Å². The largest absolute Gasteiger partial charge is 0.508 e. The van der Waals surface area contributed by atoms with Crippen molar-refractivity contribution >= 4 is 0 Å². The first-order valence-corrected chi connectivity index (χ1v) is 6.66. The molecule has 96 valence electrons. The Balaban J connectivity index is 2.34. The molecule has 0 aromatic heterocycles. The lowest BCUT2D eigenvalue weighted by Gasteiger charge is -2.07. The van der Waals surface area contributed by atoms with Crippen LogP contribution >= 0.6 is 0 Å². The van der Waals surface area contributed by atoms with Crippen molar-refractivity contribution in [1.29, 1.82) is 0 Å². The molecule has 1 rings (SSSR count). The molecule has 2 heteroatoms. The number of aryl methyl sites for hydroxylation is 2. The van der Waals surface area contributed by atoms with E-state index in [1.54, 1.807) is 0 Å². The van der Waals surface area contributed by atoms with E-state index in [1.165, 1.54) is 38.2 Å². The summed E-state index contributed by atoms with van der Waals surface area (Å²) in [6.45, 7) is 4.08. The molecular weight excluding hydrogens is 212 g/mol. The van der Waals surface area contributed by atoms with Crippen molar-refractivity contribution < 1.29 is 10.2 Å². The number of aromatic hydroxyl groups is 2. The van der Waals surface area contributed by atoms with Gasteiger partial charge in [0.15, 0.2) is 0 Å². The molecule has 0 aliphatic carbocycles. The van der Waals surface area contributed by atoms with E-state index in [0.717, 1.165) is 24.0 Å². The first-order valence-electron chi connectivity index (χ1n) is 6.66. The van der Waals surface area contributed by atoms with Crippen LogP contribution in [0.4, 0.5) is 0 Å². The van der Waals surface area contributed by atoms with Gasteiger partial charge in [0.1, 0.15) is 11.5 Å². The lowest BCUT2D eigenvalue weighted by molar-refractivity contribution is 0.442. The van der Waals surface area contributed by atoms with E-state index in [9.17, 15) is 10.2 Å². The molecule has 0 atom stereocenters. The Kier molecular flexibility index (Phi) is 5.88. The van der Waals surface area contributed by atoms with Crippen LogP contribution in [0.5, 0.6) is 11.5 Å². The maximum atomic E-state index is 9.70. The first-order chi connectivity index (χ1) is 8.15. The molecular formula is C15H24O2. The fourth-order valence-corrected chi connectivity index (χ4v) is 2.04. The van der Waals surface area contributed by atoms with Crippen LogP contribution in [0.2, 0.25) is 0 Å². The average molecular weight is 236 g/mol. The second kappa shape index (κ2) is 7.21. The zero-order valence-corrected chi connectivity index (χ0v) is 11.0. The third-order valence-electron chi connectivity index (χ3n) is 3.20. The van der Waals surface area contributed by atoms with Gasteiger partial charge >= 0.3 is 0 Å². The van der Waals surface area contributed by atoms with E-state index in [1.807, 2.05) is 13.0 Å². The smallest absolute Gasteiger partial charge is 0.122 e. The van der Waals surface area contributed by atoms with Crippen LogP contribution in [0.15, 0.2) is 12.1 Å². The van der Waals surface area contributed by atoms with Crippen LogP contribution in [0.3, 0.4) is 0 Å². The summed E-state index contributed by atoms with van der Waals surface area (Å²) < 4.78 is 0. The number of benzene rings is 1. The normalized spacial score (nSPS) is 10.7. The Hall–Kier alpha value is -1.18. The summed E-state index contributed by atoms with van der Waals surface area (Å²) in [6.07, 6.45) is 8.43. The van der Waals surface area contributed by atoms with Crippen molar-refractivity contribution in [3.8, 4) is 11.5 Å². The highest BCUT2D eigenvalue weighted by molar-refractivity contribution is 5.44. The molecule has 0 saturated heterocycles. The van der Waals surface area contributed by atoms with E-state index in [-0.39, 0.29) is 11.5 Å². The van der Waals surface area contributed by atoms with Crippen molar-refractivity contribution in [2.24, 2.45) is 0 Å². The van der Waals surface area contributed by atoms with Gasteiger partial charge in [-0.05, 0) is 37.0 Å². The molecule has 17 heavy (non-hydrogen) atoms. The molecule has 0 amide bonds. The zero-order valence-electron chi connectivity index (χ0n) is 11.0. The minimum Gasteiger partial charge on any atom is -0.508 e. The van der Waals surface area contributed by atoms with Gasteiger partial charge in [0.05, 0.1) is 0 Å². The predicted octanol–water partition coefficient (Wildman–Crippen LogP) is 4.31. The molecule has 0 aliphatic rings. The van der Waals surface area contributed by atoms with Gasteiger partial charge in [-0.1, -0.05) is 39.0 Å². The Labute approximate surface area is 104 Å². The molecule has 0 spiro atoms. The van der Waals surface area contributed by atoms with Gasteiger partial charge in [-0.2, -0.15) is 0 Å². The topological polar surface area (TPSA) is 40.5 Å². The molecule has 2 N–H and O–H groups in total. The molecule has 0 radical (unpaired) electrons. The van der Waals surface area contributed by atoms with E-state index < -0.39 is 0 Å². The van der Waals surface area contributed by atoms with Crippen molar-refractivity contribution in [1.82, 2.24) is 0 Å². The standard InChI is InChI=1S/C15H24O2/c1-3-4-5-6-7-8-9-13-10-12(2)14(16)11-15(13)17/h10-11,16-17H,3-9H2,1-2H3. The van der Waals surface area contributed by atoms with Gasteiger partial charge in [-0.3, -0.25) is 0 Å². The monoisotopic (exact) mass is 236 g/mol. The minimum absolute atomic E-state index is 0.175. The average Bonchev–Trinajstić information content (AvgIpc) is 2.30. The van der Waals surface area contributed by atoms with Gasteiger partial charge in [0.25, 0.3) is 0 Å². The highest BCUT2D eigenvalue weighted by Crippen LogP contribution is 2.27. The van der Waals surface area contributed by atoms with Gasteiger partial charge in [-0.25, -0.2) is 0 Å². The van der Waals surface area contributed by atoms with Crippen molar-refractivity contribution in [2.45, 2.75) is 58.8 Å². The Morgan fingerprint density at radius 2 is 1.53 bits per heavy atom. The van der Waals surface area contributed by atoms with Crippen LogP contribution in [0.1, 0.15) is 56.6 Å². The summed E-state index contributed by atoms with van der Waals surface area (Å²) in [5, 5.41) is 19.1. The van der Waals surface area contributed by atoms with Crippen molar-refractivity contribution in [3.05, 3.63) is 23.3 Å². The number of hydrogen-bond acceptors (Lipinski definition) is 2. The summed E-state index contributed by atoms with van der Waals surface area (Å²) in [5.74, 6) is 0.399. The van der Waals surface area contributed by atoms with Crippen LogP contribution < -0.4 is 0 Å². The fourth-order valence-electron chi connectivity index (χ4n) is 2.04. The maximum absolute atomic E-state index is 9.70. The molecule has 0 bridgehead atoms. The quantitative estimate of drug-likeness (QED) is 0.692. The highest BCUT2D eigenvalue weighted by Gasteiger charge is 2.05. The molecule has 1 aromatic rings. The van der Waals surface area contributed by atoms with Crippen molar-refractivity contribution in [2.75, 3.05) is 0 Å². The Morgan fingerprint density at radius 1 is 0.882 bits per heavy atom. The van der Waals surface area contributed by atoms with Crippen molar-refractivity contribution in [3.63, 3.8) is 0 Å². The van der Waals surface area contributed by atoms with E-state index in [0.29, 0.717) is 0 Å². The fraction of sp³-hybridized carbons (Fsp3) is 0.600. The second-order valence-electron chi connectivity index (χ2n) is 4.79. The summed E-state index contributed by atoms with van der Waals surface area (Å²) in [5.41, 5.74) is 1.79. The van der Waals surface area contributed by atoms with Crippen LogP contribution in [0.25, 0.3) is 0 Å². The van der Waals surface area contributed by atoms with Gasteiger partial charge in [-0.15, -0.1) is 0 Å². The van der Waals surface area contributed by atoms with Gasteiger partial charge < -0.3 is 10.2 Å². The molecule has 0 unspecified atom stereocenters. The lowest BCUT2D eigenvalue weighted by atomic mass is 10.0. The van der Waals surface area contributed by atoms with E-state index in [4.69, 9.17) is 0 Å². The van der Waals surface area contributed by atoms with Gasteiger partial charge in [0, 0.05) is 6.07 Å². The van der Waals surface area contributed by atoms with E-state index in [2.05, 4.69) is 6.92 Å². The predicted molar refractivity (Wildman–Crippen MR) is 71.6 cm³/mol. The second-order valence-corrected chi connectivity index (χ2v) is 4.79. The summed E-state index contributed by atoms with van der Waals surface area (Å²) in [6, 6.07) is 3.33. The van der Waals surface area contributed by atoms with Crippen LogP contribution in [0, 0.1) is 6.92 Å². The molecule has 2 nitrogen and oxygen atoms in total. The summed E-state index contributed by atoms with van der Waals surface area (Å²) in [4.78, 5) is 0. The molecule has 0 fully saturated rings. The number of unbranched alkanes of at least 4 members (excludes halogenated alkanes) is 5. The maximum Gasteiger partial charge on any atom is 0.122 e. The zero-order chi connectivity index (χ0) is 12.7. The van der Waals surface area contributed by atoms with Crippen LogP contribution in [-0.2, 0) is 6.42 Å². The minimum atomic E-state index is 0.175. The Bertz CT molecular complexity index is 345. The lowest BCUT2D eigenvalue weighted by Crippen LogP contribution is -1.89. The molecule has 1 aromatic carbocycles. The third kappa shape index (κ3) is 4.68. The SMILES string of the molecule is CCCCCCCCc1cc(C)c(O)cc1O. The molecule has 0 saturated carbocycles. The first kappa shape index (κ1) is 13.9. The number of rotatable bonds is 7. The molecule has 0 aliphatic heterocycles.